The van der Waals surface area contributed by atoms with Crippen LogP contribution in [0.25, 0.3) is 11.0 Å². The Morgan fingerprint density at radius 1 is 1.29 bits per heavy atom. The highest BCUT2D eigenvalue weighted by atomic mass is 19.4. The molecule has 0 bridgehead atoms. The number of rotatable bonds is 4. The van der Waals surface area contributed by atoms with Gasteiger partial charge in [0.1, 0.15) is 11.3 Å². The zero-order chi connectivity index (χ0) is 20.5. The van der Waals surface area contributed by atoms with Gasteiger partial charge in [0.15, 0.2) is 6.10 Å². The minimum atomic E-state index is -4.78. The van der Waals surface area contributed by atoms with Gasteiger partial charge in [-0.15, -0.1) is 5.10 Å². The number of nitriles is 1. The van der Waals surface area contributed by atoms with E-state index >= 15 is 0 Å². The Morgan fingerprint density at radius 3 is 2.71 bits per heavy atom. The number of aliphatic hydroxyl groups excluding tert-OH is 1. The second kappa shape index (κ2) is 7.24. The van der Waals surface area contributed by atoms with Gasteiger partial charge in [-0.2, -0.15) is 18.4 Å². The first-order valence-corrected chi connectivity index (χ1v) is 7.78. The van der Waals surface area contributed by atoms with Gasteiger partial charge in [0, 0.05) is 11.8 Å². The first kappa shape index (κ1) is 19.2. The molecule has 1 aromatic heterocycles. The first-order valence-electron chi connectivity index (χ1n) is 7.78. The molecular weight excluding hydrogens is 382 g/mol. The number of nitrogens with zero attached hydrogens (tertiary/aromatic N) is 4. The lowest BCUT2D eigenvalue weighted by Crippen LogP contribution is -2.32. The van der Waals surface area contributed by atoms with Gasteiger partial charge in [-0.3, -0.25) is 4.79 Å². The topological polar surface area (TPSA) is 104 Å². The van der Waals surface area contributed by atoms with E-state index in [1.807, 2.05) is 0 Å². The average Bonchev–Trinajstić information content (AvgIpc) is 3.02. The van der Waals surface area contributed by atoms with Gasteiger partial charge < -0.3 is 10.4 Å². The Hall–Kier alpha value is -3.52. The van der Waals surface area contributed by atoms with Crippen molar-refractivity contribution in [2.24, 2.45) is 0 Å². The predicted molar refractivity (Wildman–Crippen MR) is 88.3 cm³/mol. The Morgan fingerprint density at radius 2 is 2.04 bits per heavy atom. The Bertz CT molecular complexity index is 1090. The molecule has 0 aliphatic rings. The molecule has 2 N–H and O–H groups in total. The molecule has 11 heteroatoms. The van der Waals surface area contributed by atoms with Crippen molar-refractivity contribution in [2.75, 3.05) is 5.32 Å². The second-order valence-electron chi connectivity index (χ2n) is 5.78. The summed E-state index contributed by atoms with van der Waals surface area (Å²) < 4.78 is 53.3. The van der Waals surface area contributed by atoms with Crippen LogP contribution in [0.5, 0.6) is 0 Å². The molecule has 0 aliphatic carbocycles. The molecule has 1 heterocycles. The third kappa shape index (κ3) is 3.91. The van der Waals surface area contributed by atoms with Crippen molar-refractivity contribution in [1.29, 1.82) is 5.26 Å². The van der Waals surface area contributed by atoms with Crippen LogP contribution in [0, 0.1) is 17.1 Å². The summed E-state index contributed by atoms with van der Waals surface area (Å²) in [4.78, 5) is 12.1. The molecule has 0 fully saturated rings. The van der Waals surface area contributed by atoms with Crippen molar-refractivity contribution in [3.63, 3.8) is 0 Å². The number of anilines is 1. The number of nitrogens with one attached hydrogen (secondary N) is 1. The van der Waals surface area contributed by atoms with Gasteiger partial charge in [0.2, 0.25) is 0 Å². The van der Waals surface area contributed by atoms with Crippen molar-refractivity contribution >= 4 is 22.6 Å². The fourth-order valence-corrected chi connectivity index (χ4v) is 2.51. The molecule has 0 saturated heterocycles. The van der Waals surface area contributed by atoms with E-state index in [0.29, 0.717) is 11.6 Å². The molecule has 0 saturated carbocycles. The second-order valence-corrected chi connectivity index (χ2v) is 5.78. The fourth-order valence-electron chi connectivity index (χ4n) is 2.51. The summed E-state index contributed by atoms with van der Waals surface area (Å²) in [5, 5.41) is 28.4. The van der Waals surface area contributed by atoms with Crippen LogP contribution in [0.3, 0.4) is 0 Å². The molecule has 3 rings (SSSR count). The monoisotopic (exact) mass is 393 g/mol. The highest BCUT2D eigenvalue weighted by Crippen LogP contribution is 2.33. The molecule has 1 atom stereocenters. The lowest BCUT2D eigenvalue weighted by Gasteiger charge is -2.14. The van der Waals surface area contributed by atoms with E-state index in [9.17, 15) is 27.5 Å². The Labute approximate surface area is 154 Å². The zero-order valence-electron chi connectivity index (χ0n) is 13.9. The summed E-state index contributed by atoms with van der Waals surface area (Å²) in [6.07, 6.45) is -6.45. The maximum absolute atomic E-state index is 13.2. The zero-order valence-corrected chi connectivity index (χ0v) is 13.9. The van der Waals surface area contributed by atoms with Crippen LogP contribution in [-0.4, -0.2) is 32.1 Å². The molecule has 0 unspecified atom stereocenters. The summed E-state index contributed by atoms with van der Waals surface area (Å²) in [6.45, 7) is -0.351. The Kier molecular flexibility index (Phi) is 4.98. The first-order chi connectivity index (χ1) is 13.2. The number of benzene rings is 2. The number of hydrogen-bond acceptors (Lipinski definition) is 5. The quantitative estimate of drug-likeness (QED) is 0.663. The van der Waals surface area contributed by atoms with Gasteiger partial charge in [-0.05, 0) is 30.3 Å². The molecule has 28 heavy (non-hydrogen) atoms. The normalized spacial score (nSPS) is 12.6. The van der Waals surface area contributed by atoms with E-state index in [2.05, 4.69) is 15.6 Å². The molecule has 7 nitrogen and oxygen atoms in total. The number of aromatic nitrogens is 3. The predicted octanol–water partition coefficient (Wildman–Crippen LogP) is 2.46. The minimum absolute atomic E-state index is 0.217. The Balaban J connectivity index is 1.76. The van der Waals surface area contributed by atoms with Gasteiger partial charge in [0.25, 0.3) is 5.91 Å². The molecule has 144 valence electrons. The standard InChI is InChI=1S/C17H11F4N5O2/c18-10-2-4-14-13(5-10)24-25-26(14)8-15(27)16(28)23-11-3-1-9(7-22)12(6-11)17(19,20)21/h1-6,15,27H,8H2,(H,23,28)/t15-/m0/s1. The van der Waals surface area contributed by atoms with Gasteiger partial charge in [-0.25, -0.2) is 9.07 Å². The largest absolute Gasteiger partial charge is 0.417 e. The van der Waals surface area contributed by atoms with E-state index in [1.54, 1.807) is 0 Å². The molecular formula is C17H11F4N5O2. The number of fused-ring (bicyclic) bond motifs is 1. The summed E-state index contributed by atoms with van der Waals surface area (Å²) >= 11 is 0. The molecule has 3 aromatic rings. The van der Waals surface area contributed by atoms with E-state index in [-0.39, 0.29) is 17.7 Å². The van der Waals surface area contributed by atoms with Crippen LogP contribution in [0.4, 0.5) is 23.2 Å². The molecule has 0 spiro atoms. The van der Waals surface area contributed by atoms with Gasteiger partial charge in [0.05, 0.1) is 29.3 Å². The van der Waals surface area contributed by atoms with Crippen LogP contribution < -0.4 is 5.32 Å². The summed E-state index contributed by atoms with van der Waals surface area (Å²) in [6, 6.07) is 7.72. The van der Waals surface area contributed by atoms with E-state index < -0.39 is 35.1 Å². The molecule has 2 aromatic carbocycles. The van der Waals surface area contributed by atoms with Crippen LogP contribution in [-0.2, 0) is 17.5 Å². The summed E-state index contributed by atoms with van der Waals surface area (Å²) in [5.41, 5.74) is -1.44. The van der Waals surface area contributed by atoms with E-state index in [0.717, 1.165) is 24.3 Å². The number of alkyl halides is 3. The highest BCUT2D eigenvalue weighted by Gasteiger charge is 2.34. The summed E-state index contributed by atoms with van der Waals surface area (Å²) in [7, 11) is 0. The number of carbonyl (C=O) groups excluding carboxylic acids is 1. The van der Waals surface area contributed by atoms with Crippen LogP contribution in [0.1, 0.15) is 11.1 Å². The van der Waals surface area contributed by atoms with E-state index in [1.165, 1.54) is 16.8 Å². The fraction of sp³-hybridized carbons (Fsp3) is 0.176. The SMILES string of the molecule is N#Cc1ccc(NC(=O)[C@@H](O)Cn2nnc3cc(F)ccc32)cc1C(F)(F)F. The lowest BCUT2D eigenvalue weighted by molar-refractivity contribution is -0.137. The lowest BCUT2D eigenvalue weighted by atomic mass is 10.1. The van der Waals surface area contributed by atoms with Gasteiger partial charge >= 0.3 is 6.18 Å². The summed E-state index contributed by atoms with van der Waals surface area (Å²) in [5.74, 6) is -1.51. The third-order valence-corrected chi connectivity index (χ3v) is 3.84. The number of carbonyl (C=O) groups is 1. The number of hydrogen-bond donors (Lipinski definition) is 2. The molecule has 0 aliphatic heterocycles. The van der Waals surface area contributed by atoms with Crippen molar-refractivity contribution in [2.45, 2.75) is 18.8 Å². The highest BCUT2D eigenvalue weighted by molar-refractivity contribution is 5.94. The third-order valence-electron chi connectivity index (χ3n) is 3.84. The number of amides is 1. The van der Waals surface area contributed by atoms with Crippen molar-refractivity contribution in [3.8, 4) is 6.07 Å². The van der Waals surface area contributed by atoms with Crippen molar-refractivity contribution in [3.05, 3.63) is 53.3 Å². The van der Waals surface area contributed by atoms with E-state index in [4.69, 9.17) is 5.26 Å². The smallest absolute Gasteiger partial charge is 0.381 e. The van der Waals surface area contributed by atoms with Crippen LogP contribution >= 0.6 is 0 Å². The van der Waals surface area contributed by atoms with Crippen molar-refractivity contribution < 1.29 is 27.5 Å². The molecule has 1 amide bonds. The van der Waals surface area contributed by atoms with Crippen LogP contribution in [0.2, 0.25) is 0 Å². The van der Waals surface area contributed by atoms with Crippen molar-refractivity contribution in [1.82, 2.24) is 15.0 Å². The maximum Gasteiger partial charge on any atom is 0.417 e. The minimum Gasteiger partial charge on any atom is -0.381 e. The van der Waals surface area contributed by atoms with Gasteiger partial charge in [-0.1, -0.05) is 5.21 Å². The molecule has 0 radical (unpaired) electrons. The van der Waals surface area contributed by atoms with Crippen LogP contribution in [0.15, 0.2) is 36.4 Å². The average molecular weight is 393 g/mol. The maximum atomic E-state index is 13.2. The number of aliphatic hydroxyl groups is 1. The number of halogens is 4.